The SMILES string of the molecule is Cc1nccc2c1[nH]c1cc(OCC(=O)OC(C)(C)C)ccc12. The Kier molecular flexibility index (Phi) is 3.72. The first-order valence-corrected chi connectivity index (χ1v) is 7.55. The number of fused-ring (bicyclic) bond motifs is 3. The summed E-state index contributed by atoms with van der Waals surface area (Å²) in [4.78, 5) is 19.4. The molecular weight excluding hydrogens is 292 g/mol. The van der Waals surface area contributed by atoms with Crippen molar-refractivity contribution in [3.8, 4) is 5.75 Å². The van der Waals surface area contributed by atoms with Crippen LogP contribution in [0.15, 0.2) is 30.5 Å². The van der Waals surface area contributed by atoms with Crippen LogP contribution in [0.2, 0.25) is 0 Å². The van der Waals surface area contributed by atoms with Crippen LogP contribution >= 0.6 is 0 Å². The number of esters is 1. The minimum absolute atomic E-state index is 0.108. The Balaban J connectivity index is 1.82. The molecule has 0 saturated heterocycles. The molecule has 0 unspecified atom stereocenters. The van der Waals surface area contributed by atoms with E-state index < -0.39 is 5.60 Å². The molecule has 120 valence electrons. The van der Waals surface area contributed by atoms with Crippen molar-refractivity contribution >= 4 is 27.8 Å². The van der Waals surface area contributed by atoms with E-state index in [0.717, 1.165) is 27.5 Å². The fraction of sp³-hybridized carbons (Fsp3) is 0.333. The smallest absolute Gasteiger partial charge is 0.344 e. The van der Waals surface area contributed by atoms with E-state index in [9.17, 15) is 4.79 Å². The predicted octanol–water partition coefficient (Wildman–Crippen LogP) is 3.75. The van der Waals surface area contributed by atoms with Gasteiger partial charge in [-0.15, -0.1) is 0 Å². The Hall–Kier alpha value is -2.56. The molecule has 23 heavy (non-hydrogen) atoms. The molecule has 0 amide bonds. The van der Waals surface area contributed by atoms with E-state index in [2.05, 4.69) is 9.97 Å². The second kappa shape index (κ2) is 5.57. The molecule has 3 rings (SSSR count). The van der Waals surface area contributed by atoms with Gasteiger partial charge in [0.1, 0.15) is 11.4 Å². The number of nitrogens with zero attached hydrogens (tertiary/aromatic N) is 1. The van der Waals surface area contributed by atoms with E-state index in [1.54, 1.807) is 6.20 Å². The number of hydrogen-bond acceptors (Lipinski definition) is 4. The number of aryl methyl sites for hydroxylation is 1. The second-order valence-corrected chi connectivity index (χ2v) is 6.53. The van der Waals surface area contributed by atoms with Gasteiger partial charge in [-0.1, -0.05) is 0 Å². The largest absolute Gasteiger partial charge is 0.482 e. The molecule has 0 spiro atoms. The lowest BCUT2D eigenvalue weighted by Crippen LogP contribution is -2.27. The molecule has 0 aliphatic carbocycles. The lowest BCUT2D eigenvalue weighted by atomic mass is 10.1. The van der Waals surface area contributed by atoms with Crippen molar-refractivity contribution in [2.45, 2.75) is 33.3 Å². The predicted molar refractivity (Wildman–Crippen MR) is 89.7 cm³/mol. The van der Waals surface area contributed by atoms with Gasteiger partial charge >= 0.3 is 5.97 Å². The fourth-order valence-electron chi connectivity index (χ4n) is 2.55. The van der Waals surface area contributed by atoms with E-state index >= 15 is 0 Å². The number of nitrogens with one attached hydrogen (secondary N) is 1. The molecule has 5 nitrogen and oxygen atoms in total. The minimum atomic E-state index is -0.508. The summed E-state index contributed by atoms with van der Waals surface area (Å²) in [5.74, 6) is 0.245. The first kappa shape index (κ1) is 15.3. The van der Waals surface area contributed by atoms with Crippen molar-refractivity contribution in [2.24, 2.45) is 0 Å². The molecule has 0 bridgehead atoms. The summed E-state index contributed by atoms with van der Waals surface area (Å²) in [6, 6.07) is 7.72. The summed E-state index contributed by atoms with van der Waals surface area (Å²) in [6.45, 7) is 7.36. The first-order chi connectivity index (χ1) is 10.8. The number of aromatic amines is 1. The number of ether oxygens (including phenoxy) is 2. The summed E-state index contributed by atoms with van der Waals surface area (Å²) in [5, 5.41) is 2.24. The topological polar surface area (TPSA) is 64.2 Å². The third-order valence-electron chi connectivity index (χ3n) is 3.46. The van der Waals surface area contributed by atoms with E-state index in [1.807, 2.05) is 52.0 Å². The van der Waals surface area contributed by atoms with Gasteiger partial charge in [0.15, 0.2) is 6.61 Å². The number of H-pyrrole nitrogens is 1. The van der Waals surface area contributed by atoms with Gasteiger partial charge in [0.25, 0.3) is 0 Å². The minimum Gasteiger partial charge on any atom is -0.482 e. The standard InChI is InChI=1S/C18H20N2O3/c1-11-17-14(7-8-19-11)13-6-5-12(9-15(13)20-17)22-10-16(21)23-18(2,3)4/h5-9,20H,10H2,1-4H3. The Labute approximate surface area is 134 Å². The van der Waals surface area contributed by atoms with E-state index in [1.165, 1.54) is 0 Å². The Bertz CT molecular complexity index is 875. The lowest BCUT2D eigenvalue weighted by molar-refractivity contribution is -0.157. The van der Waals surface area contributed by atoms with Crippen LogP contribution in [-0.2, 0) is 9.53 Å². The zero-order valence-electron chi connectivity index (χ0n) is 13.8. The number of rotatable bonds is 3. The van der Waals surface area contributed by atoms with Crippen molar-refractivity contribution in [1.29, 1.82) is 0 Å². The zero-order valence-corrected chi connectivity index (χ0v) is 13.8. The van der Waals surface area contributed by atoms with Crippen LogP contribution in [0.3, 0.4) is 0 Å². The summed E-state index contributed by atoms with van der Waals surface area (Å²) in [5.41, 5.74) is 2.42. The Morgan fingerprint density at radius 2 is 2.00 bits per heavy atom. The lowest BCUT2D eigenvalue weighted by Gasteiger charge is -2.19. The van der Waals surface area contributed by atoms with Gasteiger partial charge in [-0.2, -0.15) is 0 Å². The number of pyridine rings is 1. The number of carbonyl (C=O) groups is 1. The summed E-state index contributed by atoms with van der Waals surface area (Å²) in [7, 11) is 0. The molecule has 2 aromatic heterocycles. The maximum atomic E-state index is 11.7. The normalized spacial score (nSPS) is 11.8. The summed E-state index contributed by atoms with van der Waals surface area (Å²) >= 11 is 0. The van der Waals surface area contributed by atoms with Crippen LogP contribution in [0.5, 0.6) is 5.75 Å². The molecule has 1 aromatic carbocycles. The highest BCUT2D eigenvalue weighted by molar-refractivity contribution is 6.08. The molecular formula is C18H20N2O3. The van der Waals surface area contributed by atoms with Crippen LogP contribution in [0.4, 0.5) is 0 Å². The van der Waals surface area contributed by atoms with Gasteiger partial charge in [-0.05, 0) is 45.9 Å². The quantitative estimate of drug-likeness (QED) is 0.748. The van der Waals surface area contributed by atoms with Crippen molar-refractivity contribution in [1.82, 2.24) is 9.97 Å². The van der Waals surface area contributed by atoms with Crippen LogP contribution < -0.4 is 4.74 Å². The zero-order chi connectivity index (χ0) is 16.6. The molecule has 0 fully saturated rings. The molecule has 0 aliphatic rings. The molecule has 3 aromatic rings. The Morgan fingerprint density at radius 3 is 2.74 bits per heavy atom. The molecule has 1 N–H and O–H groups in total. The first-order valence-electron chi connectivity index (χ1n) is 7.55. The maximum absolute atomic E-state index is 11.7. The Morgan fingerprint density at radius 1 is 1.22 bits per heavy atom. The molecule has 0 radical (unpaired) electrons. The highest BCUT2D eigenvalue weighted by Gasteiger charge is 2.16. The van der Waals surface area contributed by atoms with Crippen LogP contribution in [-0.4, -0.2) is 28.1 Å². The average molecular weight is 312 g/mol. The number of carbonyl (C=O) groups excluding carboxylic acids is 1. The van der Waals surface area contributed by atoms with Gasteiger partial charge in [0, 0.05) is 23.0 Å². The van der Waals surface area contributed by atoms with Crippen LogP contribution in [0.25, 0.3) is 21.8 Å². The highest BCUT2D eigenvalue weighted by Crippen LogP contribution is 2.29. The molecule has 2 heterocycles. The van der Waals surface area contributed by atoms with Crippen molar-refractivity contribution < 1.29 is 14.3 Å². The average Bonchev–Trinajstić information content (AvgIpc) is 2.83. The van der Waals surface area contributed by atoms with Crippen molar-refractivity contribution in [2.75, 3.05) is 6.61 Å². The van der Waals surface area contributed by atoms with E-state index in [4.69, 9.17) is 9.47 Å². The maximum Gasteiger partial charge on any atom is 0.344 e. The molecule has 0 aliphatic heterocycles. The van der Waals surface area contributed by atoms with Crippen LogP contribution in [0, 0.1) is 6.92 Å². The summed E-state index contributed by atoms with van der Waals surface area (Å²) in [6.07, 6.45) is 1.80. The highest BCUT2D eigenvalue weighted by atomic mass is 16.6. The summed E-state index contributed by atoms with van der Waals surface area (Å²) < 4.78 is 10.8. The van der Waals surface area contributed by atoms with Gasteiger partial charge in [0.2, 0.25) is 0 Å². The molecule has 5 heteroatoms. The third kappa shape index (κ3) is 3.28. The van der Waals surface area contributed by atoms with Gasteiger partial charge in [-0.25, -0.2) is 4.79 Å². The number of benzene rings is 1. The van der Waals surface area contributed by atoms with E-state index in [0.29, 0.717) is 5.75 Å². The fourth-order valence-corrected chi connectivity index (χ4v) is 2.55. The van der Waals surface area contributed by atoms with Gasteiger partial charge < -0.3 is 14.5 Å². The van der Waals surface area contributed by atoms with Crippen molar-refractivity contribution in [3.63, 3.8) is 0 Å². The van der Waals surface area contributed by atoms with Crippen molar-refractivity contribution in [3.05, 3.63) is 36.2 Å². The number of hydrogen-bond donors (Lipinski definition) is 1. The molecule has 0 atom stereocenters. The third-order valence-corrected chi connectivity index (χ3v) is 3.46. The molecule has 0 saturated carbocycles. The second-order valence-electron chi connectivity index (χ2n) is 6.53. The van der Waals surface area contributed by atoms with Crippen LogP contribution in [0.1, 0.15) is 26.5 Å². The van der Waals surface area contributed by atoms with Gasteiger partial charge in [-0.3, -0.25) is 4.98 Å². The number of aromatic nitrogens is 2. The van der Waals surface area contributed by atoms with E-state index in [-0.39, 0.29) is 12.6 Å². The van der Waals surface area contributed by atoms with Gasteiger partial charge in [0.05, 0.1) is 16.7 Å². The monoisotopic (exact) mass is 312 g/mol.